The largest absolute Gasteiger partial charge is 0.480 e. The van der Waals surface area contributed by atoms with Crippen molar-refractivity contribution in [1.82, 2.24) is 19.7 Å². The fourth-order valence-corrected chi connectivity index (χ4v) is 3.44. The van der Waals surface area contributed by atoms with Gasteiger partial charge in [-0.25, -0.2) is 4.98 Å². The molecule has 21 heavy (non-hydrogen) atoms. The molecule has 2 aromatic rings. The van der Waals surface area contributed by atoms with Crippen LogP contribution in [-0.4, -0.2) is 43.8 Å². The van der Waals surface area contributed by atoms with Gasteiger partial charge in [-0.1, -0.05) is 0 Å². The highest BCUT2D eigenvalue weighted by Gasteiger charge is 2.23. The van der Waals surface area contributed by atoms with Crippen molar-refractivity contribution < 1.29 is 9.90 Å². The summed E-state index contributed by atoms with van der Waals surface area (Å²) in [5, 5.41) is 16.3. The maximum Gasteiger partial charge on any atom is 0.325 e. The lowest BCUT2D eigenvalue weighted by Crippen LogP contribution is -2.34. The van der Waals surface area contributed by atoms with Gasteiger partial charge in [0.1, 0.15) is 11.6 Å². The number of hydrogen-bond acceptors (Lipinski definition) is 5. The van der Waals surface area contributed by atoms with Crippen molar-refractivity contribution in [3.63, 3.8) is 0 Å². The zero-order chi connectivity index (χ0) is 14.7. The number of piperidine rings is 1. The van der Waals surface area contributed by atoms with Crippen LogP contribution in [0.2, 0.25) is 0 Å². The molecule has 0 amide bonds. The summed E-state index contributed by atoms with van der Waals surface area (Å²) in [6.45, 7) is 2.87. The van der Waals surface area contributed by atoms with E-state index in [2.05, 4.69) is 15.0 Å². The van der Waals surface area contributed by atoms with Crippen LogP contribution < -0.4 is 0 Å². The van der Waals surface area contributed by atoms with E-state index in [0.29, 0.717) is 5.92 Å². The third kappa shape index (κ3) is 3.68. The van der Waals surface area contributed by atoms with E-state index in [1.807, 2.05) is 17.6 Å². The molecular formula is C14H18N4O2S. The first kappa shape index (κ1) is 14.2. The van der Waals surface area contributed by atoms with E-state index >= 15 is 0 Å². The molecule has 2 aromatic heterocycles. The summed E-state index contributed by atoms with van der Waals surface area (Å²) >= 11 is 1.69. The number of carboxylic acids is 1. The Morgan fingerprint density at radius 1 is 1.52 bits per heavy atom. The zero-order valence-electron chi connectivity index (χ0n) is 11.7. The van der Waals surface area contributed by atoms with Gasteiger partial charge >= 0.3 is 5.97 Å². The summed E-state index contributed by atoms with van der Waals surface area (Å²) in [7, 11) is 0. The number of nitrogens with zero attached hydrogens (tertiary/aromatic N) is 4. The number of aromatic nitrogens is 3. The molecular weight excluding hydrogens is 288 g/mol. The van der Waals surface area contributed by atoms with E-state index in [9.17, 15) is 4.79 Å². The fraction of sp³-hybridized carbons (Fsp3) is 0.500. The van der Waals surface area contributed by atoms with Crippen LogP contribution in [0, 0.1) is 0 Å². The highest BCUT2D eigenvalue weighted by Crippen LogP contribution is 2.26. The minimum absolute atomic E-state index is 0.0739. The van der Waals surface area contributed by atoms with Crippen molar-refractivity contribution in [2.75, 3.05) is 13.1 Å². The van der Waals surface area contributed by atoms with Gasteiger partial charge in [0.25, 0.3) is 0 Å². The Hall–Kier alpha value is -1.73. The molecule has 0 saturated carbocycles. The Morgan fingerprint density at radius 3 is 3.19 bits per heavy atom. The van der Waals surface area contributed by atoms with Gasteiger partial charge in [-0.2, -0.15) is 5.10 Å². The number of thiazole rings is 1. The molecule has 1 N–H and O–H groups in total. The maximum absolute atomic E-state index is 10.7. The lowest BCUT2D eigenvalue weighted by Gasteiger charge is -2.31. The summed E-state index contributed by atoms with van der Waals surface area (Å²) in [6, 6.07) is 1.94. The van der Waals surface area contributed by atoms with Crippen LogP contribution in [0.5, 0.6) is 0 Å². The molecule has 1 fully saturated rings. The van der Waals surface area contributed by atoms with Crippen molar-refractivity contribution in [1.29, 1.82) is 0 Å². The predicted octanol–water partition coefficient (Wildman–Crippen LogP) is 1.80. The predicted molar refractivity (Wildman–Crippen MR) is 79.2 cm³/mol. The van der Waals surface area contributed by atoms with E-state index in [-0.39, 0.29) is 6.54 Å². The van der Waals surface area contributed by atoms with Crippen LogP contribution in [0.25, 0.3) is 0 Å². The monoisotopic (exact) mass is 306 g/mol. The Kier molecular flexibility index (Phi) is 4.31. The van der Waals surface area contributed by atoms with Crippen LogP contribution in [0.15, 0.2) is 23.8 Å². The van der Waals surface area contributed by atoms with Crippen molar-refractivity contribution in [2.24, 2.45) is 0 Å². The second kappa shape index (κ2) is 6.36. The molecule has 1 saturated heterocycles. The van der Waals surface area contributed by atoms with Crippen LogP contribution >= 0.6 is 11.3 Å². The minimum atomic E-state index is -0.862. The Balaban J connectivity index is 1.62. The molecule has 112 valence electrons. The van der Waals surface area contributed by atoms with Gasteiger partial charge in [-0.05, 0) is 25.5 Å². The van der Waals surface area contributed by atoms with Gasteiger partial charge < -0.3 is 5.11 Å². The number of carbonyl (C=O) groups is 1. The lowest BCUT2D eigenvalue weighted by molar-refractivity contribution is -0.137. The average molecular weight is 306 g/mol. The van der Waals surface area contributed by atoms with Gasteiger partial charge in [-0.3, -0.25) is 14.4 Å². The fourth-order valence-electron chi connectivity index (χ4n) is 2.78. The quantitative estimate of drug-likeness (QED) is 0.912. The molecule has 0 radical (unpaired) electrons. The normalized spacial score (nSPS) is 19.7. The van der Waals surface area contributed by atoms with Crippen molar-refractivity contribution >= 4 is 17.3 Å². The molecule has 1 unspecified atom stereocenters. The van der Waals surface area contributed by atoms with Gasteiger partial charge in [0, 0.05) is 30.2 Å². The number of aliphatic carboxylic acids is 1. The number of likely N-dealkylation sites (tertiary alicyclic amines) is 1. The van der Waals surface area contributed by atoms with E-state index in [4.69, 9.17) is 5.11 Å². The van der Waals surface area contributed by atoms with Gasteiger partial charge in [0.2, 0.25) is 0 Å². The Labute approximate surface area is 127 Å². The van der Waals surface area contributed by atoms with E-state index in [1.54, 1.807) is 17.5 Å². The average Bonchev–Trinajstić information content (AvgIpc) is 3.10. The molecule has 3 rings (SSSR count). The topological polar surface area (TPSA) is 71.2 Å². The second-order valence-corrected chi connectivity index (χ2v) is 6.31. The van der Waals surface area contributed by atoms with E-state index in [1.165, 1.54) is 4.68 Å². The van der Waals surface area contributed by atoms with Crippen LogP contribution in [0.4, 0.5) is 0 Å². The standard InChI is InChI=1S/C14H18N4O2S/c19-14(20)10-18-6-3-12(16-18)11-2-1-5-17(8-11)9-13-15-4-7-21-13/h3-4,6-7,11H,1-2,5,8-10H2,(H,19,20). The highest BCUT2D eigenvalue weighted by atomic mass is 32.1. The maximum atomic E-state index is 10.7. The molecule has 1 aliphatic rings. The summed E-state index contributed by atoms with van der Waals surface area (Å²) in [4.78, 5) is 17.5. The first-order valence-corrected chi connectivity index (χ1v) is 7.94. The Morgan fingerprint density at radius 2 is 2.43 bits per heavy atom. The van der Waals surface area contributed by atoms with Gasteiger partial charge in [0.15, 0.2) is 0 Å². The van der Waals surface area contributed by atoms with Crippen LogP contribution in [0.1, 0.15) is 29.5 Å². The van der Waals surface area contributed by atoms with E-state index < -0.39 is 5.97 Å². The summed E-state index contributed by atoms with van der Waals surface area (Å²) in [6.07, 6.45) is 5.85. The zero-order valence-corrected chi connectivity index (χ0v) is 12.5. The SMILES string of the molecule is O=C(O)Cn1ccc(C2CCCN(Cc3nccs3)C2)n1. The highest BCUT2D eigenvalue weighted by molar-refractivity contribution is 7.09. The minimum Gasteiger partial charge on any atom is -0.480 e. The molecule has 0 aliphatic carbocycles. The second-order valence-electron chi connectivity index (χ2n) is 5.33. The molecule has 7 heteroatoms. The van der Waals surface area contributed by atoms with Crippen molar-refractivity contribution in [3.8, 4) is 0 Å². The molecule has 1 atom stereocenters. The molecule has 0 aromatic carbocycles. The molecule has 6 nitrogen and oxygen atoms in total. The molecule has 0 bridgehead atoms. The molecule has 0 spiro atoms. The van der Waals surface area contributed by atoms with Crippen molar-refractivity contribution in [2.45, 2.75) is 31.8 Å². The molecule has 1 aliphatic heterocycles. The molecule has 3 heterocycles. The lowest BCUT2D eigenvalue weighted by atomic mass is 9.95. The number of carboxylic acid groups (broad SMARTS) is 1. The van der Waals surface area contributed by atoms with Crippen molar-refractivity contribution in [3.05, 3.63) is 34.5 Å². The van der Waals surface area contributed by atoms with Crippen LogP contribution in [-0.2, 0) is 17.9 Å². The number of rotatable bonds is 5. The summed E-state index contributed by atoms with van der Waals surface area (Å²) < 4.78 is 1.50. The summed E-state index contributed by atoms with van der Waals surface area (Å²) in [5.74, 6) is -0.479. The van der Waals surface area contributed by atoms with Gasteiger partial charge in [0.05, 0.1) is 12.2 Å². The third-order valence-electron chi connectivity index (χ3n) is 3.72. The first-order chi connectivity index (χ1) is 10.2. The summed E-state index contributed by atoms with van der Waals surface area (Å²) in [5.41, 5.74) is 1.00. The number of hydrogen-bond donors (Lipinski definition) is 1. The Bertz CT molecular complexity index is 596. The van der Waals surface area contributed by atoms with Crippen LogP contribution in [0.3, 0.4) is 0 Å². The van der Waals surface area contributed by atoms with Gasteiger partial charge in [-0.15, -0.1) is 11.3 Å². The first-order valence-electron chi connectivity index (χ1n) is 7.06. The third-order valence-corrected chi connectivity index (χ3v) is 4.49. The van der Waals surface area contributed by atoms with E-state index in [0.717, 1.165) is 43.2 Å². The smallest absolute Gasteiger partial charge is 0.325 e.